The molecule has 0 aromatic heterocycles. The van der Waals surface area contributed by atoms with E-state index in [0.717, 1.165) is 10.0 Å². The molecule has 0 fully saturated rings. The minimum atomic E-state index is -0.549. The van der Waals surface area contributed by atoms with Gasteiger partial charge in [0.05, 0.1) is 29.2 Å². The smallest absolute Gasteiger partial charge is 0.211 e. The van der Waals surface area contributed by atoms with Crippen molar-refractivity contribution in [1.82, 2.24) is 0 Å². The third kappa shape index (κ3) is 10.2. The highest BCUT2D eigenvalue weighted by Crippen LogP contribution is 2.37. The molecule has 0 saturated heterocycles. The third-order valence-corrected chi connectivity index (χ3v) is 7.18. The Balaban J connectivity index is 1.47. The zero-order valence-electron chi connectivity index (χ0n) is 21.0. The summed E-state index contributed by atoms with van der Waals surface area (Å²) in [6.45, 7) is 0.471. The van der Waals surface area contributed by atoms with E-state index in [1.54, 1.807) is 54.6 Å². The van der Waals surface area contributed by atoms with E-state index in [1.807, 2.05) is 6.07 Å². The van der Waals surface area contributed by atoms with E-state index >= 15 is 0 Å². The number of Topliss-reactive ketones (excluding diaryl/α,β-unsaturated/α-hetero) is 1. The summed E-state index contributed by atoms with van der Waals surface area (Å²) in [5.41, 5.74) is 1.18. The maximum Gasteiger partial charge on any atom is 0.211 e. The summed E-state index contributed by atoms with van der Waals surface area (Å²) in [4.78, 5) is 23.7. The Kier molecular flexibility index (Phi) is 12.9. The van der Waals surface area contributed by atoms with Crippen LogP contribution in [0.5, 0.6) is 17.2 Å². The zero-order valence-corrected chi connectivity index (χ0v) is 25.6. The van der Waals surface area contributed by atoms with E-state index in [4.69, 9.17) is 60.6 Å². The van der Waals surface area contributed by atoms with Gasteiger partial charge in [-0.25, -0.2) is 0 Å². The number of benzene rings is 3. The first-order valence-electron chi connectivity index (χ1n) is 12.0. The summed E-state index contributed by atoms with van der Waals surface area (Å²) in [6.07, 6.45) is 2.04. The molecule has 0 amide bonds. The summed E-state index contributed by atoms with van der Waals surface area (Å²) in [6, 6.07) is 17.0. The van der Waals surface area contributed by atoms with Crippen molar-refractivity contribution in [2.24, 2.45) is 0 Å². The van der Waals surface area contributed by atoms with Crippen LogP contribution >= 0.6 is 62.3 Å². The standard InChI is InChI=1S/C28H24BrCl4NO6/c29-23-5-2-1-4-22(23)19(17-34(36)37)14-26(35)18-6-8-20(9-7-18)38-11-3-12-40-28-24(30)15-21(16-25(28)31)39-13-10-27(32)33/h1-2,4-10,15-16,19H,3,11-14,17H2. The number of nitrogens with zero attached hydrogens (tertiary/aromatic N) is 1. The van der Waals surface area contributed by atoms with Gasteiger partial charge in [-0.15, -0.1) is 0 Å². The molecule has 7 nitrogen and oxygen atoms in total. The molecule has 0 aliphatic heterocycles. The molecule has 0 bridgehead atoms. The Hall–Kier alpha value is -2.49. The average Bonchev–Trinajstić information content (AvgIpc) is 2.89. The fraction of sp³-hybridized carbons (Fsp3) is 0.250. The molecule has 212 valence electrons. The molecule has 0 saturated carbocycles. The SMILES string of the molecule is O=C(CC(C[N+](=O)[O-])c1ccccc1Br)c1ccc(OCCCOc2c(Cl)cc(OCC=C(Cl)Cl)cc2Cl)cc1. The summed E-state index contributed by atoms with van der Waals surface area (Å²) in [5.74, 6) is 0.619. The number of carbonyl (C=O) groups excluding carboxylic acids is 1. The maximum atomic E-state index is 12.9. The van der Waals surface area contributed by atoms with Crippen molar-refractivity contribution in [1.29, 1.82) is 0 Å². The Bertz CT molecular complexity index is 1330. The van der Waals surface area contributed by atoms with Crippen LogP contribution in [0.25, 0.3) is 0 Å². The van der Waals surface area contributed by atoms with Gasteiger partial charge in [0, 0.05) is 39.9 Å². The molecule has 1 atom stereocenters. The zero-order chi connectivity index (χ0) is 29.1. The molecule has 0 spiro atoms. The van der Waals surface area contributed by atoms with Crippen LogP contribution in [0.15, 0.2) is 75.7 Å². The minimum absolute atomic E-state index is 0.0121. The molecule has 3 aromatic carbocycles. The second kappa shape index (κ2) is 16.1. The number of ketones is 1. The lowest BCUT2D eigenvalue weighted by molar-refractivity contribution is -0.483. The van der Waals surface area contributed by atoms with Gasteiger partial charge >= 0.3 is 0 Å². The van der Waals surface area contributed by atoms with Crippen LogP contribution in [0.1, 0.15) is 34.7 Å². The number of halogens is 5. The van der Waals surface area contributed by atoms with Gasteiger partial charge in [0.15, 0.2) is 11.5 Å². The van der Waals surface area contributed by atoms with Gasteiger partial charge in [-0.3, -0.25) is 14.9 Å². The van der Waals surface area contributed by atoms with Gasteiger partial charge < -0.3 is 14.2 Å². The number of ether oxygens (including phenoxy) is 3. The Labute approximate surface area is 260 Å². The van der Waals surface area contributed by atoms with Crippen LogP contribution in [0.4, 0.5) is 0 Å². The van der Waals surface area contributed by atoms with Crippen molar-refractivity contribution in [3.8, 4) is 17.2 Å². The second-order valence-corrected chi connectivity index (χ2v) is 11.1. The van der Waals surface area contributed by atoms with Crippen LogP contribution in [-0.2, 0) is 0 Å². The Morgan fingerprint density at radius 2 is 1.60 bits per heavy atom. The van der Waals surface area contributed by atoms with Crippen molar-refractivity contribution in [3.63, 3.8) is 0 Å². The topological polar surface area (TPSA) is 87.9 Å². The first kappa shape index (κ1) is 32.0. The number of hydrogen-bond donors (Lipinski definition) is 0. The first-order valence-corrected chi connectivity index (χ1v) is 14.3. The molecule has 0 aliphatic carbocycles. The van der Waals surface area contributed by atoms with Crippen LogP contribution < -0.4 is 14.2 Å². The summed E-state index contributed by atoms with van der Waals surface area (Å²) < 4.78 is 17.8. The number of rotatable bonds is 15. The summed E-state index contributed by atoms with van der Waals surface area (Å²) in [7, 11) is 0. The summed E-state index contributed by atoms with van der Waals surface area (Å²) >= 11 is 27.1. The van der Waals surface area contributed by atoms with E-state index in [9.17, 15) is 14.9 Å². The van der Waals surface area contributed by atoms with E-state index in [2.05, 4.69) is 15.9 Å². The van der Waals surface area contributed by atoms with Gasteiger partial charge in [-0.05, 0) is 42.0 Å². The van der Waals surface area contributed by atoms with E-state index in [0.29, 0.717) is 52.5 Å². The molecule has 0 heterocycles. The molecule has 0 N–H and O–H groups in total. The number of nitro groups is 1. The average molecular weight is 692 g/mol. The molecule has 1 unspecified atom stereocenters. The van der Waals surface area contributed by atoms with Crippen LogP contribution in [0, 0.1) is 10.1 Å². The molecule has 0 aliphatic rings. The molecular formula is C28H24BrCl4NO6. The molecule has 3 rings (SSSR count). The normalized spacial score (nSPS) is 11.4. The minimum Gasteiger partial charge on any atom is -0.493 e. The highest BCUT2D eigenvalue weighted by molar-refractivity contribution is 9.10. The van der Waals surface area contributed by atoms with Crippen molar-refractivity contribution < 1.29 is 23.9 Å². The fourth-order valence-corrected chi connectivity index (χ4v) is 5.03. The monoisotopic (exact) mass is 689 g/mol. The third-order valence-electron chi connectivity index (χ3n) is 5.59. The van der Waals surface area contributed by atoms with Crippen molar-refractivity contribution in [3.05, 3.63) is 107 Å². The highest BCUT2D eigenvalue weighted by Gasteiger charge is 2.24. The number of carbonyl (C=O) groups is 1. The van der Waals surface area contributed by atoms with Crippen molar-refractivity contribution >= 4 is 68.1 Å². The second-order valence-electron chi connectivity index (χ2n) is 8.46. The largest absolute Gasteiger partial charge is 0.493 e. The van der Waals surface area contributed by atoms with Crippen LogP contribution in [0.2, 0.25) is 10.0 Å². The number of hydrogen-bond acceptors (Lipinski definition) is 6. The van der Waals surface area contributed by atoms with Gasteiger partial charge in [-0.2, -0.15) is 0 Å². The highest BCUT2D eigenvalue weighted by atomic mass is 79.9. The molecule has 12 heteroatoms. The predicted octanol–water partition coefficient (Wildman–Crippen LogP) is 8.93. The summed E-state index contributed by atoms with van der Waals surface area (Å²) in [5, 5.41) is 11.8. The van der Waals surface area contributed by atoms with Crippen molar-refractivity contribution in [2.45, 2.75) is 18.8 Å². The van der Waals surface area contributed by atoms with Crippen LogP contribution in [0.3, 0.4) is 0 Å². The van der Waals surface area contributed by atoms with Crippen molar-refractivity contribution in [2.75, 3.05) is 26.4 Å². The lowest BCUT2D eigenvalue weighted by Gasteiger charge is -2.15. The molecular weight excluding hydrogens is 668 g/mol. The quantitative estimate of drug-likeness (QED) is 0.0685. The van der Waals surface area contributed by atoms with E-state index < -0.39 is 10.8 Å². The Morgan fingerprint density at radius 1 is 0.950 bits per heavy atom. The molecule has 40 heavy (non-hydrogen) atoms. The molecule has 0 radical (unpaired) electrons. The molecule has 3 aromatic rings. The maximum absolute atomic E-state index is 12.9. The van der Waals surface area contributed by atoms with Gasteiger partial charge in [0.1, 0.15) is 22.6 Å². The van der Waals surface area contributed by atoms with Gasteiger partial charge in [-0.1, -0.05) is 80.5 Å². The van der Waals surface area contributed by atoms with E-state index in [-0.39, 0.29) is 29.8 Å². The lowest BCUT2D eigenvalue weighted by atomic mass is 9.91. The predicted molar refractivity (Wildman–Crippen MR) is 161 cm³/mol. The Morgan fingerprint density at radius 3 is 2.23 bits per heavy atom. The fourth-order valence-electron chi connectivity index (χ4n) is 3.72. The van der Waals surface area contributed by atoms with Crippen LogP contribution in [-0.4, -0.2) is 37.1 Å². The van der Waals surface area contributed by atoms with E-state index in [1.165, 1.54) is 6.08 Å². The first-order chi connectivity index (χ1) is 19.1. The van der Waals surface area contributed by atoms with Gasteiger partial charge in [0.2, 0.25) is 6.54 Å². The lowest BCUT2D eigenvalue weighted by Crippen LogP contribution is -2.17. The van der Waals surface area contributed by atoms with Gasteiger partial charge in [0.25, 0.3) is 0 Å².